The van der Waals surface area contributed by atoms with E-state index in [2.05, 4.69) is 0 Å². The Hall–Kier alpha value is -1.11. The highest BCUT2D eigenvalue weighted by molar-refractivity contribution is 6.59. The van der Waals surface area contributed by atoms with E-state index in [0.29, 0.717) is 13.2 Å². The molecule has 0 aromatic heterocycles. The molecule has 0 unspecified atom stereocenters. The summed E-state index contributed by atoms with van der Waals surface area (Å²) in [6, 6.07) is 3.02. The molecule has 1 fully saturated rings. The maximum absolute atomic E-state index is 14.0. The summed E-state index contributed by atoms with van der Waals surface area (Å²) in [6.07, 6.45) is 1.56. The Labute approximate surface area is 112 Å². The van der Waals surface area contributed by atoms with E-state index < -0.39 is 12.9 Å². The van der Waals surface area contributed by atoms with E-state index in [-0.39, 0.29) is 16.6 Å². The van der Waals surface area contributed by atoms with E-state index in [1.54, 1.807) is 6.07 Å². The van der Waals surface area contributed by atoms with Crippen molar-refractivity contribution in [2.75, 3.05) is 20.3 Å². The van der Waals surface area contributed by atoms with Crippen molar-refractivity contribution in [2.45, 2.75) is 25.2 Å². The van der Waals surface area contributed by atoms with Crippen molar-refractivity contribution in [3.8, 4) is 5.75 Å². The van der Waals surface area contributed by atoms with Gasteiger partial charge in [-0.05, 0) is 29.9 Å². The second-order valence-electron chi connectivity index (χ2n) is 5.13. The minimum Gasteiger partial charge on any atom is -0.494 e. The lowest BCUT2D eigenvalue weighted by Gasteiger charge is -2.34. The molecule has 4 nitrogen and oxygen atoms in total. The van der Waals surface area contributed by atoms with Gasteiger partial charge in [0.15, 0.2) is 11.6 Å². The molecule has 104 valence electrons. The molecule has 0 aliphatic carbocycles. The summed E-state index contributed by atoms with van der Waals surface area (Å²) in [4.78, 5) is 0. The normalized spacial score (nSPS) is 18.2. The van der Waals surface area contributed by atoms with Crippen LogP contribution in [-0.4, -0.2) is 37.5 Å². The molecule has 1 aliphatic rings. The molecule has 0 radical (unpaired) electrons. The third-order valence-corrected chi connectivity index (χ3v) is 3.85. The van der Waals surface area contributed by atoms with Crippen molar-refractivity contribution >= 4 is 12.6 Å². The number of benzene rings is 1. The number of rotatable bonds is 3. The summed E-state index contributed by atoms with van der Waals surface area (Å²) in [5.74, 6) is -0.690. The molecule has 0 amide bonds. The minimum atomic E-state index is -1.76. The molecule has 6 heteroatoms. The van der Waals surface area contributed by atoms with Crippen molar-refractivity contribution in [1.29, 1.82) is 0 Å². The van der Waals surface area contributed by atoms with Crippen LogP contribution >= 0.6 is 0 Å². The van der Waals surface area contributed by atoms with Gasteiger partial charge in [-0.25, -0.2) is 4.39 Å². The molecule has 19 heavy (non-hydrogen) atoms. The molecule has 1 aliphatic heterocycles. The lowest BCUT2D eigenvalue weighted by Crippen LogP contribution is -2.36. The van der Waals surface area contributed by atoms with Gasteiger partial charge in [0.1, 0.15) is 0 Å². The quantitative estimate of drug-likeness (QED) is 0.787. The smallest absolute Gasteiger partial charge is 0.492 e. The summed E-state index contributed by atoms with van der Waals surface area (Å²) in [6.45, 7) is 3.28. The van der Waals surface area contributed by atoms with Gasteiger partial charge in [-0.3, -0.25) is 0 Å². The Morgan fingerprint density at radius 2 is 1.95 bits per heavy atom. The highest BCUT2D eigenvalue weighted by Crippen LogP contribution is 2.35. The average molecular weight is 268 g/mol. The standard InChI is InChI=1S/C13H18BFO4/c1-13(3-5-19-6-4-13)9-7-10(14(16)17)12(18-2)11(15)8-9/h7-8,16-17H,3-6H2,1-2H3. The zero-order chi connectivity index (χ0) is 14.0. The van der Waals surface area contributed by atoms with Crippen LogP contribution in [0, 0.1) is 5.82 Å². The first-order valence-electron chi connectivity index (χ1n) is 6.30. The average Bonchev–Trinajstić information content (AvgIpc) is 2.38. The summed E-state index contributed by atoms with van der Waals surface area (Å²) in [5.41, 5.74) is 0.595. The zero-order valence-corrected chi connectivity index (χ0v) is 11.1. The maximum atomic E-state index is 14.0. The van der Waals surface area contributed by atoms with Crippen LogP contribution in [0.5, 0.6) is 5.75 Å². The number of hydrogen-bond acceptors (Lipinski definition) is 4. The van der Waals surface area contributed by atoms with E-state index in [1.165, 1.54) is 13.2 Å². The molecular weight excluding hydrogens is 250 g/mol. The van der Waals surface area contributed by atoms with Crippen molar-refractivity contribution in [2.24, 2.45) is 0 Å². The zero-order valence-electron chi connectivity index (χ0n) is 11.1. The molecule has 1 aromatic carbocycles. The van der Waals surface area contributed by atoms with Crippen LogP contribution in [0.4, 0.5) is 4.39 Å². The van der Waals surface area contributed by atoms with E-state index in [9.17, 15) is 14.4 Å². The predicted molar refractivity (Wildman–Crippen MR) is 70.2 cm³/mol. The Morgan fingerprint density at radius 1 is 1.32 bits per heavy atom. The van der Waals surface area contributed by atoms with Crippen LogP contribution in [-0.2, 0) is 10.2 Å². The van der Waals surface area contributed by atoms with Crippen LogP contribution in [0.3, 0.4) is 0 Å². The third kappa shape index (κ3) is 2.75. The second-order valence-corrected chi connectivity index (χ2v) is 5.13. The SMILES string of the molecule is COc1c(F)cc(C2(C)CCOCC2)cc1B(O)O. The Balaban J connectivity index is 2.47. The van der Waals surface area contributed by atoms with Gasteiger partial charge in [-0.2, -0.15) is 0 Å². The summed E-state index contributed by atoms with van der Waals surface area (Å²) >= 11 is 0. The fourth-order valence-electron chi connectivity index (χ4n) is 2.48. The highest BCUT2D eigenvalue weighted by atomic mass is 19.1. The number of ether oxygens (including phenoxy) is 2. The fraction of sp³-hybridized carbons (Fsp3) is 0.538. The second kappa shape index (κ2) is 5.49. The van der Waals surface area contributed by atoms with Gasteiger partial charge in [0.2, 0.25) is 0 Å². The number of halogens is 1. The molecule has 0 atom stereocenters. The van der Waals surface area contributed by atoms with Gasteiger partial charge < -0.3 is 19.5 Å². The molecule has 2 N–H and O–H groups in total. The predicted octanol–water partition coefficient (Wildman–Crippen LogP) is 0.582. The molecule has 2 rings (SSSR count). The molecular formula is C13H18BFO4. The fourth-order valence-corrected chi connectivity index (χ4v) is 2.48. The van der Waals surface area contributed by atoms with Gasteiger partial charge in [0.05, 0.1) is 7.11 Å². The molecule has 1 saturated heterocycles. The lowest BCUT2D eigenvalue weighted by atomic mass is 9.71. The van der Waals surface area contributed by atoms with Crippen LogP contribution in [0.2, 0.25) is 0 Å². The van der Waals surface area contributed by atoms with E-state index in [0.717, 1.165) is 18.4 Å². The van der Waals surface area contributed by atoms with E-state index >= 15 is 0 Å². The summed E-state index contributed by atoms with van der Waals surface area (Å²) in [5, 5.41) is 18.7. The van der Waals surface area contributed by atoms with Gasteiger partial charge >= 0.3 is 7.12 Å². The first kappa shape index (κ1) is 14.3. The largest absolute Gasteiger partial charge is 0.494 e. The van der Waals surface area contributed by atoms with E-state index in [4.69, 9.17) is 9.47 Å². The topological polar surface area (TPSA) is 58.9 Å². The van der Waals surface area contributed by atoms with Crippen molar-refractivity contribution in [3.63, 3.8) is 0 Å². The third-order valence-electron chi connectivity index (χ3n) is 3.85. The highest BCUT2D eigenvalue weighted by Gasteiger charge is 2.32. The maximum Gasteiger partial charge on any atom is 0.492 e. The van der Waals surface area contributed by atoms with Gasteiger partial charge in [0.25, 0.3) is 0 Å². The van der Waals surface area contributed by atoms with Crippen LogP contribution < -0.4 is 10.2 Å². The summed E-state index contributed by atoms with van der Waals surface area (Å²) in [7, 11) is -0.451. The van der Waals surface area contributed by atoms with Crippen molar-refractivity contribution < 1.29 is 23.9 Å². The van der Waals surface area contributed by atoms with Crippen molar-refractivity contribution in [3.05, 3.63) is 23.5 Å². The molecule has 1 heterocycles. The first-order valence-corrected chi connectivity index (χ1v) is 6.30. The number of hydrogen-bond donors (Lipinski definition) is 2. The first-order chi connectivity index (χ1) is 8.98. The van der Waals surface area contributed by atoms with Crippen LogP contribution in [0.25, 0.3) is 0 Å². The monoisotopic (exact) mass is 268 g/mol. The van der Waals surface area contributed by atoms with Gasteiger partial charge in [-0.15, -0.1) is 0 Å². The molecule has 0 spiro atoms. The summed E-state index contributed by atoms with van der Waals surface area (Å²) < 4.78 is 24.2. The molecule has 0 bridgehead atoms. The van der Waals surface area contributed by atoms with Crippen LogP contribution in [0.1, 0.15) is 25.3 Å². The molecule has 0 saturated carbocycles. The number of methoxy groups -OCH3 is 1. The minimum absolute atomic E-state index is 0.0604. The Morgan fingerprint density at radius 3 is 2.47 bits per heavy atom. The van der Waals surface area contributed by atoms with Gasteiger partial charge in [0, 0.05) is 18.7 Å². The van der Waals surface area contributed by atoms with Crippen molar-refractivity contribution in [1.82, 2.24) is 0 Å². The van der Waals surface area contributed by atoms with Crippen LogP contribution in [0.15, 0.2) is 12.1 Å². The lowest BCUT2D eigenvalue weighted by molar-refractivity contribution is 0.0563. The van der Waals surface area contributed by atoms with Gasteiger partial charge in [-0.1, -0.05) is 13.0 Å². The molecule has 1 aromatic rings. The Bertz CT molecular complexity index is 458. The van der Waals surface area contributed by atoms with E-state index in [1.807, 2.05) is 6.92 Å². The Kier molecular flexibility index (Phi) is 4.13.